The van der Waals surface area contributed by atoms with Gasteiger partial charge in [0.25, 0.3) is 0 Å². The number of hydrogen-bond acceptors (Lipinski definition) is 5. The van der Waals surface area contributed by atoms with E-state index in [4.69, 9.17) is 9.26 Å². The number of aromatic nitrogens is 2. The third-order valence-corrected chi connectivity index (χ3v) is 3.40. The first-order valence-electron chi connectivity index (χ1n) is 6.50. The highest BCUT2D eigenvalue weighted by atomic mass is 16.5. The van der Waals surface area contributed by atoms with E-state index in [0.717, 1.165) is 36.3 Å². The molecule has 5 nitrogen and oxygen atoms in total. The topological polar surface area (TPSA) is 60.2 Å². The van der Waals surface area contributed by atoms with Gasteiger partial charge in [-0.15, -0.1) is 0 Å². The molecule has 19 heavy (non-hydrogen) atoms. The van der Waals surface area contributed by atoms with Gasteiger partial charge in [-0.2, -0.15) is 4.98 Å². The second-order valence-corrected chi connectivity index (χ2v) is 4.81. The summed E-state index contributed by atoms with van der Waals surface area (Å²) in [7, 11) is 1.65. The molecule has 0 spiro atoms. The summed E-state index contributed by atoms with van der Waals surface area (Å²) in [5, 5.41) is 7.42. The molecule has 1 aromatic heterocycles. The van der Waals surface area contributed by atoms with Crippen molar-refractivity contribution in [3.63, 3.8) is 0 Å². The van der Waals surface area contributed by atoms with E-state index in [2.05, 4.69) is 15.5 Å². The molecule has 0 bridgehead atoms. The zero-order valence-corrected chi connectivity index (χ0v) is 11.1. The number of nitrogens with zero attached hydrogens (tertiary/aromatic N) is 2. The largest absolute Gasteiger partial charge is 0.496 e. The Bertz CT molecular complexity index is 574. The SMILES string of the molecule is COc1ccc(C)cc1-c1noc(C2CCCN2)n1. The molecule has 1 aromatic carbocycles. The second kappa shape index (κ2) is 5.01. The Hall–Kier alpha value is -1.88. The fourth-order valence-corrected chi connectivity index (χ4v) is 2.38. The Morgan fingerprint density at radius 3 is 3.05 bits per heavy atom. The van der Waals surface area contributed by atoms with Gasteiger partial charge in [0.2, 0.25) is 11.7 Å². The van der Waals surface area contributed by atoms with Gasteiger partial charge in [-0.25, -0.2) is 0 Å². The lowest BCUT2D eigenvalue weighted by atomic mass is 10.1. The van der Waals surface area contributed by atoms with Crippen molar-refractivity contribution in [2.24, 2.45) is 0 Å². The predicted octanol–water partition coefficient (Wildman–Crippen LogP) is 2.48. The van der Waals surface area contributed by atoms with Gasteiger partial charge in [0.05, 0.1) is 18.7 Å². The molecule has 0 radical (unpaired) electrons. The number of aryl methyl sites for hydroxylation is 1. The van der Waals surface area contributed by atoms with Crippen LogP contribution < -0.4 is 10.1 Å². The summed E-state index contributed by atoms with van der Waals surface area (Å²) in [5.41, 5.74) is 2.01. The molecule has 3 rings (SSSR count). The summed E-state index contributed by atoms with van der Waals surface area (Å²) in [5.74, 6) is 2.01. The van der Waals surface area contributed by atoms with Gasteiger partial charge in [-0.3, -0.25) is 0 Å². The first-order chi connectivity index (χ1) is 9.28. The fourth-order valence-electron chi connectivity index (χ4n) is 2.38. The lowest BCUT2D eigenvalue weighted by molar-refractivity contribution is 0.344. The van der Waals surface area contributed by atoms with Crippen molar-refractivity contribution < 1.29 is 9.26 Å². The lowest BCUT2D eigenvalue weighted by Crippen LogP contribution is -2.12. The molecule has 2 heterocycles. The number of methoxy groups -OCH3 is 1. The van der Waals surface area contributed by atoms with Gasteiger partial charge in [-0.1, -0.05) is 16.8 Å². The van der Waals surface area contributed by atoms with Crippen molar-refractivity contribution in [3.8, 4) is 17.1 Å². The average Bonchev–Trinajstić information content (AvgIpc) is 3.09. The molecule has 1 fully saturated rings. The first-order valence-corrected chi connectivity index (χ1v) is 6.50. The van der Waals surface area contributed by atoms with Crippen LogP contribution in [0.25, 0.3) is 11.4 Å². The van der Waals surface area contributed by atoms with Crippen LogP contribution >= 0.6 is 0 Å². The molecule has 1 atom stereocenters. The van der Waals surface area contributed by atoms with Crippen LogP contribution in [-0.4, -0.2) is 23.8 Å². The molecule has 5 heteroatoms. The van der Waals surface area contributed by atoms with Crippen molar-refractivity contribution in [1.29, 1.82) is 0 Å². The van der Waals surface area contributed by atoms with E-state index in [-0.39, 0.29) is 6.04 Å². The predicted molar refractivity (Wildman–Crippen MR) is 71.0 cm³/mol. The van der Waals surface area contributed by atoms with Crippen molar-refractivity contribution in [2.45, 2.75) is 25.8 Å². The maximum absolute atomic E-state index is 5.36. The average molecular weight is 259 g/mol. The van der Waals surface area contributed by atoms with Gasteiger partial charge in [0.15, 0.2) is 0 Å². The summed E-state index contributed by atoms with van der Waals surface area (Å²) in [6.45, 7) is 3.04. The third-order valence-electron chi connectivity index (χ3n) is 3.40. The molecule has 0 aliphatic carbocycles. The van der Waals surface area contributed by atoms with Crippen molar-refractivity contribution in [3.05, 3.63) is 29.7 Å². The minimum absolute atomic E-state index is 0.192. The Kier molecular flexibility index (Phi) is 3.21. The molecule has 2 aromatic rings. The van der Waals surface area contributed by atoms with Crippen molar-refractivity contribution >= 4 is 0 Å². The third kappa shape index (κ3) is 2.33. The Labute approximate surface area is 112 Å². The fraction of sp³-hybridized carbons (Fsp3) is 0.429. The summed E-state index contributed by atoms with van der Waals surface area (Å²) < 4.78 is 10.7. The molecule has 1 aliphatic heterocycles. The summed E-state index contributed by atoms with van der Waals surface area (Å²) in [6, 6.07) is 6.13. The summed E-state index contributed by atoms with van der Waals surface area (Å²) >= 11 is 0. The van der Waals surface area contributed by atoms with E-state index in [9.17, 15) is 0 Å². The van der Waals surface area contributed by atoms with Gasteiger partial charge in [0.1, 0.15) is 5.75 Å². The number of ether oxygens (including phenoxy) is 1. The van der Waals surface area contributed by atoms with Crippen LogP contribution in [-0.2, 0) is 0 Å². The van der Waals surface area contributed by atoms with Gasteiger partial charge in [0, 0.05) is 0 Å². The highest BCUT2D eigenvalue weighted by Gasteiger charge is 2.23. The lowest BCUT2D eigenvalue weighted by Gasteiger charge is -2.05. The van der Waals surface area contributed by atoms with Crippen LogP contribution in [0, 0.1) is 6.92 Å². The van der Waals surface area contributed by atoms with E-state index >= 15 is 0 Å². The monoisotopic (exact) mass is 259 g/mol. The van der Waals surface area contributed by atoms with Crippen LogP contribution in [0.5, 0.6) is 5.75 Å². The quantitative estimate of drug-likeness (QED) is 0.917. The molecule has 100 valence electrons. The maximum Gasteiger partial charge on any atom is 0.244 e. The van der Waals surface area contributed by atoms with Crippen LogP contribution in [0.3, 0.4) is 0 Å². The first kappa shape index (κ1) is 12.2. The smallest absolute Gasteiger partial charge is 0.244 e. The van der Waals surface area contributed by atoms with Gasteiger partial charge in [-0.05, 0) is 38.4 Å². The normalized spacial score (nSPS) is 18.7. The molecule has 1 unspecified atom stereocenters. The number of hydrogen-bond donors (Lipinski definition) is 1. The summed E-state index contributed by atoms with van der Waals surface area (Å²) in [4.78, 5) is 4.49. The Morgan fingerprint density at radius 1 is 1.42 bits per heavy atom. The summed E-state index contributed by atoms with van der Waals surface area (Å²) in [6.07, 6.45) is 2.20. The number of benzene rings is 1. The van der Waals surface area contributed by atoms with E-state index in [1.807, 2.05) is 25.1 Å². The Morgan fingerprint density at radius 2 is 2.32 bits per heavy atom. The van der Waals surface area contributed by atoms with Crippen molar-refractivity contribution in [1.82, 2.24) is 15.5 Å². The molecule has 0 amide bonds. The maximum atomic E-state index is 5.36. The molecule has 1 saturated heterocycles. The minimum atomic E-state index is 0.192. The van der Waals surface area contributed by atoms with Crippen LogP contribution in [0.4, 0.5) is 0 Å². The van der Waals surface area contributed by atoms with Gasteiger partial charge >= 0.3 is 0 Å². The molecule has 0 saturated carbocycles. The highest BCUT2D eigenvalue weighted by Crippen LogP contribution is 2.30. The minimum Gasteiger partial charge on any atom is -0.496 e. The zero-order chi connectivity index (χ0) is 13.2. The number of rotatable bonds is 3. The van der Waals surface area contributed by atoms with Crippen molar-refractivity contribution in [2.75, 3.05) is 13.7 Å². The second-order valence-electron chi connectivity index (χ2n) is 4.81. The van der Waals surface area contributed by atoms with E-state index < -0.39 is 0 Å². The van der Waals surface area contributed by atoms with E-state index in [0.29, 0.717) is 11.7 Å². The highest BCUT2D eigenvalue weighted by molar-refractivity contribution is 5.64. The van der Waals surface area contributed by atoms with E-state index in [1.165, 1.54) is 0 Å². The van der Waals surface area contributed by atoms with Crippen LogP contribution in [0.1, 0.15) is 30.3 Å². The molecular weight excluding hydrogens is 242 g/mol. The standard InChI is InChI=1S/C14H17N3O2/c1-9-5-6-12(18-2)10(8-9)13-16-14(19-17-13)11-4-3-7-15-11/h5-6,8,11,15H,3-4,7H2,1-2H3. The molecule has 1 aliphatic rings. The zero-order valence-electron chi connectivity index (χ0n) is 11.1. The van der Waals surface area contributed by atoms with E-state index in [1.54, 1.807) is 7.11 Å². The van der Waals surface area contributed by atoms with Crippen LogP contribution in [0.15, 0.2) is 22.7 Å². The molecule has 1 N–H and O–H groups in total. The van der Waals surface area contributed by atoms with Gasteiger partial charge < -0.3 is 14.6 Å². The van der Waals surface area contributed by atoms with Crippen LogP contribution in [0.2, 0.25) is 0 Å². The number of nitrogens with one attached hydrogen (secondary N) is 1. The molecular formula is C14H17N3O2. The Balaban J connectivity index is 1.95.